The van der Waals surface area contributed by atoms with Gasteiger partial charge in [-0.05, 0) is 74.2 Å². The van der Waals surface area contributed by atoms with Crippen LogP contribution in [0, 0.1) is 6.92 Å². The Morgan fingerprint density at radius 2 is 1.64 bits per heavy atom. The summed E-state index contributed by atoms with van der Waals surface area (Å²) in [5.74, 6) is 1.04. The lowest BCUT2D eigenvalue weighted by Crippen LogP contribution is -2.46. The van der Waals surface area contributed by atoms with Gasteiger partial charge in [0.25, 0.3) is 0 Å². The minimum atomic E-state index is -0.421. The summed E-state index contributed by atoms with van der Waals surface area (Å²) >= 11 is 0. The van der Waals surface area contributed by atoms with Crippen LogP contribution in [0.3, 0.4) is 0 Å². The van der Waals surface area contributed by atoms with E-state index in [0.717, 1.165) is 29.7 Å². The molecule has 11 heteroatoms. The van der Waals surface area contributed by atoms with Gasteiger partial charge in [0.15, 0.2) is 17.3 Å². The Kier molecular flexibility index (Phi) is 12.2. The zero-order chi connectivity index (χ0) is 32.2. The van der Waals surface area contributed by atoms with Crippen LogP contribution in [-0.2, 0) is 16.0 Å². The summed E-state index contributed by atoms with van der Waals surface area (Å²) in [5, 5.41) is 12.4. The van der Waals surface area contributed by atoms with E-state index >= 15 is 0 Å². The first-order valence-electron chi connectivity index (χ1n) is 15.1. The van der Waals surface area contributed by atoms with Crippen LogP contribution < -0.4 is 35.5 Å². The van der Waals surface area contributed by atoms with E-state index in [-0.39, 0.29) is 30.9 Å². The lowest BCUT2D eigenvalue weighted by atomic mass is 10.0. The molecule has 240 valence electrons. The third-order valence-corrected chi connectivity index (χ3v) is 7.25. The molecule has 1 aliphatic carbocycles. The lowest BCUT2D eigenvalue weighted by Gasteiger charge is -2.19. The Morgan fingerprint density at radius 3 is 2.36 bits per heavy atom. The molecule has 0 spiro atoms. The summed E-state index contributed by atoms with van der Waals surface area (Å²) in [4.78, 5) is 38.0. The maximum Gasteiger partial charge on any atom is 0.338 e. The van der Waals surface area contributed by atoms with E-state index in [1.807, 2.05) is 37.3 Å². The minimum absolute atomic E-state index is 0.0478. The average Bonchev–Trinajstić information content (AvgIpc) is 3.86. The van der Waals surface area contributed by atoms with Crippen molar-refractivity contribution in [1.82, 2.24) is 10.6 Å². The highest BCUT2D eigenvalue weighted by Crippen LogP contribution is 2.29. The van der Waals surface area contributed by atoms with Crippen molar-refractivity contribution in [2.24, 2.45) is 0 Å². The summed E-state index contributed by atoms with van der Waals surface area (Å²) in [7, 11) is 3.04. The largest absolute Gasteiger partial charge is 0.495 e. The SMILES string of the molecule is CCOC(=O)c1ccc(OCCNCC(NC2CC2)C(=O)Cc2ccc(NC(=O)Nc3ccccc3C)c(OC)c2)c(OC)c1. The van der Waals surface area contributed by atoms with Crippen molar-refractivity contribution in [2.75, 3.05) is 51.2 Å². The van der Waals surface area contributed by atoms with E-state index < -0.39 is 5.97 Å². The smallest absolute Gasteiger partial charge is 0.338 e. The number of amides is 2. The molecule has 0 radical (unpaired) electrons. The molecule has 1 atom stereocenters. The van der Waals surface area contributed by atoms with Crippen molar-refractivity contribution in [1.29, 1.82) is 0 Å². The molecule has 3 aromatic rings. The van der Waals surface area contributed by atoms with Crippen LogP contribution in [0.15, 0.2) is 60.7 Å². The first-order chi connectivity index (χ1) is 21.8. The van der Waals surface area contributed by atoms with Crippen LogP contribution in [0.5, 0.6) is 17.2 Å². The highest BCUT2D eigenvalue weighted by molar-refractivity contribution is 6.01. The number of Topliss-reactive ketones (excluding diaryl/α,β-unsaturated/α-hetero) is 1. The van der Waals surface area contributed by atoms with E-state index in [1.54, 1.807) is 37.3 Å². The molecular formula is C34H42N4O7. The monoisotopic (exact) mass is 618 g/mol. The van der Waals surface area contributed by atoms with Crippen LogP contribution in [-0.4, -0.2) is 70.4 Å². The molecule has 1 fully saturated rings. The number of hydrogen-bond acceptors (Lipinski definition) is 9. The highest BCUT2D eigenvalue weighted by Gasteiger charge is 2.28. The summed E-state index contributed by atoms with van der Waals surface area (Å²) in [6, 6.07) is 17.3. The van der Waals surface area contributed by atoms with Gasteiger partial charge in [-0.15, -0.1) is 0 Å². The minimum Gasteiger partial charge on any atom is -0.495 e. The lowest BCUT2D eigenvalue weighted by molar-refractivity contribution is -0.120. The maximum atomic E-state index is 13.4. The van der Waals surface area contributed by atoms with E-state index in [9.17, 15) is 14.4 Å². The molecule has 0 heterocycles. The number of urea groups is 1. The number of rotatable bonds is 17. The van der Waals surface area contributed by atoms with Crippen LogP contribution in [0.25, 0.3) is 0 Å². The van der Waals surface area contributed by atoms with Gasteiger partial charge >= 0.3 is 12.0 Å². The zero-order valence-corrected chi connectivity index (χ0v) is 26.2. The molecule has 4 N–H and O–H groups in total. The maximum absolute atomic E-state index is 13.4. The molecule has 2 amide bonds. The van der Waals surface area contributed by atoms with Gasteiger partial charge in [0.2, 0.25) is 0 Å². The highest BCUT2D eigenvalue weighted by atomic mass is 16.5. The van der Waals surface area contributed by atoms with Gasteiger partial charge in [-0.1, -0.05) is 24.3 Å². The Bertz CT molecular complexity index is 1470. The number of benzene rings is 3. The van der Waals surface area contributed by atoms with Crippen molar-refractivity contribution in [3.8, 4) is 17.2 Å². The second-order valence-electron chi connectivity index (χ2n) is 10.7. The predicted octanol–water partition coefficient (Wildman–Crippen LogP) is 4.73. The molecule has 1 aliphatic rings. The van der Waals surface area contributed by atoms with Crippen LogP contribution in [0.1, 0.15) is 41.3 Å². The summed E-state index contributed by atoms with van der Waals surface area (Å²) in [6.07, 6.45) is 2.30. The van der Waals surface area contributed by atoms with Gasteiger partial charge in [-0.25, -0.2) is 9.59 Å². The van der Waals surface area contributed by atoms with Gasteiger partial charge in [-0.3, -0.25) is 4.79 Å². The first-order valence-corrected chi connectivity index (χ1v) is 15.1. The average molecular weight is 619 g/mol. The number of carbonyl (C=O) groups excluding carboxylic acids is 3. The number of ketones is 1. The molecule has 0 bridgehead atoms. The Labute approximate surface area is 264 Å². The molecule has 11 nitrogen and oxygen atoms in total. The third kappa shape index (κ3) is 9.95. The summed E-state index contributed by atoms with van der Waals surface area (Å²) in [6.45, 7) is 5.23. The number of nitrogens with one attached hydrogen (secondary N) is 4. The van der Waals surface area contributed by atoms with Crippen molar-refractivity contribution in [3.05, 3.63) is 77.4 Å². The van der Waals surface area contributed by atoms with Crippen LogP contribution >= 0.6 is 0 Å². The number of ether oxygens (including phenoxy) is 4. The Morgan fingerprint density at radius 1 is 0.889 bits per heavy atom. The molecule has 1 unspecified atom stereocenters. The topological polar surface area (TPSA) is 136 Å². The number of methoxy groups -OCH3 is 2. The van der Waals surface area contributed by atoms with Gasteiger partial charge < -0.3 is 40.2 Å². The Hall–Kier alpha value is -4.61. The van der Waals surface area contributed by atoms with E-state index in [0.29, 0.717) is 54.2 Å². The summed E-state index contributed by atoms with van der Waals surface area (Å²) < 4.78 is 21.8. The number of carbonyl (C=O) groups is 3. The van der Waals surface area contributed by atoms with E-state index in [2.05, 4.69) is 21.3 Å². The van der Waals surface area contributed by atoms with Crippen LogP contribution in [0.4, 0.5) is 16.2 Å². The molecule has 0 aromatic heterocycles. The molecule has 1 saturated carbocycles. The van der Waals surface area contributed by atoms with Crippen molar-refractivity contribution in [2.45, 2.75) is 45.2 Å². The van der Waals surface area contributed by atoms with E-state index in [1.165, 1.54) is 14.2 Å². The molecule has 4 rings (SSSR count). The molecule has 0 aliphatic heterocycles. The normalized spacial score (nSPS) is 13.0. The van der Waals surface area contributed by atoms with Crippen molar-refractivity contribution in [3.63, 3.8) is 0 Å². The fraction of sp³-hybridized carbons (Fsp3) is 0.382. The fourth-order valence-corrected chi connectivity index (χ4v) is 4.67. The van der Waals surface area contributed by atoms with Gasteiger partial charge in [-0.2, -0.15) is 0 Å². The molecule has 45 heavy (non-hydrogen) atoms. The zero-order valence-electron chi connectivity index (χ0n) is 26.2. The Balaban J connectivity index is 1.29. The molecule has 3 aromatic carbocycles. The number of hydrogen-bond donors (Lipinski definition) is 4. The number of anilines is 2. The molecule has 0 saturated heterocycles. The quantitative estimate of drug-likeness (QED) is 0.125. The van der Waals surface area contributed by atoms with Crippen LogP contribution in [0.2, 0.25) is 0 Å². The second kappa shape index (κ2) is 16.5. The predicted molar refractivity (Wildman–Crippen MR) is 173 cm³/mol. The standard InChI is InChI=1S/C34H42N4O7/c1-5-44-33(40)24-11-15-30(32(20-24)43-4)45-17-16-35-21-28(36-25-12-13-25)29(39)18-23-10-14-27(31(19-23)42-3)38-34(41)37-26-9-7-6-8-22(26)2/h6-11,14-15,19-20,25,28,35-36H,5,12-13,16-18,21H2,1-4H3,(H2,37,38,41). The number of esters is 1. The third-order valence-electron chi connectivity index (χ3n) is 7.25. The van der Waals surface area contributed by atoms with Crippen molar-refractivity contribution < 1.29 is 33.3 Å². The van der Waals surface area contributed by atoms with Gasteiger partial charge in [0.1, 0.15) is 12.4 Å². The number of para-hydroxylation sites is 1. The first kappa shape index (κ1) is 33.3. The second-order valence-corrected chi connectivity index (χ2v) is 10.7. The van der Waals surface area contributed by atoms with E-state index in [4.69, 9.17) is 18.9 Å². The van der Waals surface area contributed by atoms with Crippen molar-refractivity contribution >= 4 is 29.2 Å². The molecular weight excluding hydrogens is 576 g/mol. The van der Waals surface area contributed by atoms with Gasteiger partial charge in [0, 0.05) is 31.2 Å². The van der Waals surface area contributed by atoms with Gasteiger partial charge in [0.05, 0.1) is 38.1 Å². The fourth-order valence-electron chi connectivity index (χ4n) is 4.67. The number of aryl methyl sites for hydroxylation is 1. The summed E-state index contributed by atoms with van der Waals surface area (Å²) in [5.41, 5.74) is 3.34.